The highest BCUT2D eigenvalue weighted by Crippen LogP contribution is 2.29. The lowest BCUT2D eigenvalue weighted by molar-refractivity contribution is -0.130. The Kier molecular flexibility index (Phi) is 5.05. The van der Waals surface area contributed by atoms with Crippen LogP contribution in [0.25, 0.3) is 0 Å². The third-order valence-corrected chi connectivity index (χ3v) is 6.66. The van der Waals surface area contributed by atoms with Crippen molar-refractivity contribution < 1.29 is 4.79 Å². The third kappa shape index (κ3) is 3.81. The first kappa shape index (κ1) is 17.6. The number of rotatable bonds is 4. The van der Waals surface area contributed by atoms with Gasteiger partial charge in [-0.25, -0.2) is 4.98 Å². The van der Waals surface area contributed by atoms with Crippen LogP contribution in [0, 0.1) is 19.8 Å². The number of fused-ring (bicyclic) bond motifs is 4. The maximum atomic E-state index is 12.9. The minimum absolute atomic E-state index is 0.258. The number of carbonyl (C=O) groups is 1. The number of thiazole rings is 1. The molecule has 0 N–H and O–H groups in total. The van der Waals surface area contributed by atoms with Crippen molar-refractivity contribution in [3.05, 3.63) is 45.7 Å². The quantitative estimate of drug-likeness (QED) is 0.830. The van der Waals surface area contributed by atoms with Crippen LogP contribution in [-0.2, 0) is 17.8 Å². The zero-order valence-electron chi connectivity index (χ0n) is 15.5. The van der Waals surface area contributed by atoms with Gasteiger partial charge in [0.25, 0.3) is 0 Å². The smallest absolute Gasteiger partial charge is 0.227 e. The Bertz CT molecular complexity index is 775. The molecule has 3 saturated heterocycles. The molecule has 3 fully saturated rings. The molecule has 138 valence electrons. The molecule has 5 nitrogen and oxygen atoms in total. The second-order valence-corrected chi connectivity index (χ2v) is 8.85. The van der Waals surface area contributed by atoms with E-state index in [1.165, 1.54) is 12.8 Å². The van der Waals surface area contributed by atoms with Gasteiger partial charge in [0.2, 0.25) is 5.91 Å². The van der Waals surface area contributed by atoms with Crippen LogP contribution in [0.4, 0.5) is 0 Å². The Morgan fingerprint density at radius 1 is 1.23 bits per heavy atom. The van der Waals surface area contributed by atoms with E-state index in [2.05, 4.69) is 25.8 Å². The van der Waals surface area contributed by atoms with Crippen LogP contribution in [0.1, 0.15) is 34.1 Å². The molecule has 0 saturated carbocycles. The van der Waals surface area contributed by atoms with Gasteiger partial charge in [0, 0.05) is 43.3 Å². The summed E-state index contributed by atoms with van der Waals surface area (Å²) in [4.78, 5) is 27.6. The van der Waals surface area contributed by atoms with E-state index in [-0.39, 0.29) is 5.91 Å². The van der Waals surface area contributed by atoms with Gasteiger partial charge in [-0.1, -0.05) is 6.07 Å². The highest BCUT2D eigenvalue weighted by atomic mass is 32.1. The molecular formula is C20H26N4OS. The van der Waals surface area contributed by atoms with E-state index in [4.69, 9.17) is 0 Å². The molecule has 2 bridgehead atoms. The molecule has 2 atom stereocenters. The van der Waals surface area contributed by atoms with Gasteiger partial charge in [-0.15, -0.1) is 11.3 Å². The molecule has 26 heavy (non-hydrogen) atoms. The van der Waals surface area contributed by atoms with E-state index < -0.39 is 0 Å². The molecule has 0 aliphatic carbocycles. The highest BCUT2D eigenvalue weighted by Gasteiger charge is 2.36. The van der Waals surface area contributed by atoms with Crippen molar-refractivity contribution in [1.82, 2.24) is 19.8 Å². The fourth-order valence-corrected chi connectivity index (χ4v) is 5.19. The Morgan fingerprint density at radius 3 is 2.85 bits per heavy atom. The van der Waals surface area contributed by atoms with Crippen molar-refractivity contribution >= 4 is 17.2 Å². The lowest BCUT2D eigenvalue weighted by Crippen LogP contribution is -2.44. The number of piperidine rings is 1. The number of aryl methyl sites for hydroxylation is 2. The molecule has 5 rings (SSSR count). The number of amides is 1. The number of carbonyl (C=O) groups excluding carboxylic acids is 1. The molecular weight excluding hydrogens is 344 g/mol. The number of hydrogen-bond acceptors (Lipinski definition) is 5. The Hall–Kier alpha value is -1.79. The number of nitrogens with zero attached hydrogens (tertiary/aromatic N) is 4. The topological polar surface area (TPSA) is 49.3 Å². The van der Waals surface area contributed by atoms with Crippen molar-refractivity contribution in [2.45, 2.75) is 45.7 Å². The normalized spacial score (nSPS) is 23.2. The molecule has 2 aromatic heterocycles. The van der Waals surface area contributed by atoms with Gasteiger partial charge in [-0.2, -0.15) is 0 Å². The maximum Gasteiger partial charge on any atom is 0.227 e. The summed E-state index contributed by atoms with van der Waals surface area (Å²) in [6, 6.07) is 6.55. The van der Waals surface area contributed by atoms with Crippen LogP contribution in [0.2, 0.25) is 0 Å². The van der Waals surface area contributed by atoms with Gasteiger partial charge in [0.05, 0.1) is 22.8 Å². The van der Waals surface area contributed by atoms with Crippen LogP contribution < -0.4 is 0 Å². The second-order valence-electron chi connectivity index (χ2n) is 7.56. The van der Waals surface area contributed by atoms with Crippen LogP contribution in [-0.4, -0.2) is 51.4 Å². The first-order chi connectivity index (χ1) is 12.6. The largest absolute Gasteiger partial charge is 0.340 e. The van der Waals surface area contributed by atoms with Gasteiger partial charge < -0.3 is 4.90 Å². The molecule has 0 unspecified atom stereocenters. The molecule has 5 heterocycles. The summed E-state index contributed by atoms with van der Waals surface area (Å²) in [5, 5.41) is 1.04. The van der Waals surface area contributed by atoms with Crippen molar-refractivity contribution in [1.29, 1.82) is 0 Å². The summed E-state index contributed by atoms with van der Waals surface area (Å²) >= 11 is 1.65. The Balaban J connectivity index is 1.44. The van der Waals surface area contributed by atoms with E-state index in [0.29, 0.717) is 18.4 Å². The van der Waals surface area contributed by atoms with Crippen molar-refractivity contribution in [2.24, 2.45) is 5.92 Å². The zero-order chi connectivity index (χ0) is 18.1. The van der Waals surface area contributed by atoms with Gasteiger partial charge in [0.15, 0.2) is 0 Å². The second kappa shape index (κ2) is 7.45. The SMILES string of the molecule is Cc1nc(C)c(CC(=O)N2C[C@H]3CC[C@@H](C2)N(Cc2ccccn2)C3)s1. The minimum Gasteiger partial charge on any atom is -0.340 e. The average molecular weight is 371 g/mol. The fourth-order valence-electron chi connectivity index (χ4n) is 4.26. The molecule has 2 aromatic rings. The van der Waals surface area contributed by atoms with E-state index in [0.717, 1.165) is 47.5 Å². The van der Waals surface area contributed by atoms with Gasteiger partial charge in [-0.05, 0) is 44.7 Å². The molecule has 0 spiro atoms. The number of hydrogen-bond donors (Lipinski definition) is 0. The first-order valence-corrected chi connectivity index (χ1v) is 10.2. The first-order valence-electron chi connectivity index (χ1n) is 9.43. The van der Waals surface area contributed by atoms with Crippen LogP contribution in [0.3, 0.4) is 0 Å². The predicted octanol–water partition coefficient (Wildman–Crippen LogP) is 2.82. The van der Waals surface area contributed by atoms with E-state index in [1.807, 2.05) is 32.2 Å². The number of aromatic nitrogens is 2. The van der Waals surface area contributed by atoms with Crippen molar-refractivity contribution in [3.63, 3.8) is 0 Å². The molecule has 3 aliphatic rings. The molecule has 0 radical (unpaired) electrons. The monoisotopic (exact) mass is 370 g/mol. The van der Waals surface area contributed by atoms with Gasteiger partial charge in [0.1, 0.15) is 0 Å². The number of pyridine rings is 1. The van der Waals surface area contributed by atoms with E-state index in [1.54, 1.807) is 11.3 Å². The van der Waals surface area contributed by atoms with E-state index >= 15 is 0 Å². The molecule has 3 aliphatic heterocycles. The summed E-state index contributed by atoms with van der Waals surface area (Å²) in [7, 11) is 0. The standard InChI is InChI=1S/C20H26N4OS/c1-14-19(26-15(2)22-14)9-20(25)24-11-16-6-7-18(13-24)23(10-16)12-17-5-3-4-8-21-17/h3-5,8,16,18H,6-7,9-13H2,1-2H3/t16-,18-/m0/s1. The van der Waals surface area contributed by atoms with Crippen molar-refractivity contribution in [3.8, 4) is 0 Å². The average Bonchev–Trinajstić information content (AvgIpc) is 2.80. The highest BCUT2D eigenvalue weighted by molar-refractivity contribution is 7.11. The summed E-state index contributed by atoms with van der Waals surface area (Å²) in [5.41, 5.74) is 2.13. The molecule has 6 heteroatoms. The zero-order valence-corrected chi connectivity index (χ0v) is 16.3. The summed E-state index contributed by atoms with van der Waals surface area (Å²) in [6.45, 7) is 7.71. The third-order valence-electron chi connectivity index (χ3n) is 5.58. The lowest BCUT2D eigenvalue weighted by Gasteiger charge is -2.35. The predicted molar refractivity (Wildman–Crippen MR) is 103 cm³/mol. The summed E-state index contributed by atoms with van der Waals surface area (Å²) in [6.07, 6.45) is 4.77. The van der Waals surface area contributed by atoms with Gasteiger partial charge >= 0.3 is 0 Å². The molecule has 0 aromatic carbocycles. The van der Waals surface area contributed by atoms with Crippen LogP contribution in [0.15, 0.2) is 24.4 Å². The van der Waals surface area contributed by atoms with E-state index in [9.17, 15) is 4.79 Å². The Morgan fingerprint density at radius 2 is 2.12 bits per heavy atom. The maximum absolute atomic E-state index is 12.9. The fraction of sp³-hybridized carbons (Fsp3) is 0.550. The van der Waals surface area contributed by atoms with Crippen LogP contribution >= 0.6 is 11.3 Å². The summed E-state index contributed by atoms with van der Waals surface area (Å²) < 4.78 is 0. The Labute approximate surface area is 159 Å². The van der Waals surface area contributed by atoms with Gasteiger partial charge in [-0.3, -0.25) is 14.7 Å². The summed E-state index contributed by atoms with van der Waals surface area (Å²) in [5.74, 6) is 0.832. The molecule has 1 amide bonds. The lowest BCUT2D eigenvalue weighted by atomic mass is 9.95. The van der Waals surface area contributed by atoms with Crippen LogP contribution in [0.5, 0.6) is 0 Å². The minimum atomic E-state index is 0.258. The van der Waals surface area contributed by atoms with Crippen molar-refractivity contribution in [2.75, 3.05) is 19.6 Å².